The minimum absolute atomic E-state index is 0.242. The summed E-state index contributed by atoms with van der Waals surface area (Å²) in [7, 11) is 0. The van der Waals surface area contributed by atoms with E-state index in [1.165, 1.54) is 0 Å². The topological polar surface area (TPSA) is 55.7 Å². The Hall–Kier alpha value is -1.01. The average molecular weight is 375 g/mol. The Kier molecular flexibility index (Phi) is 3.97. The fraction of sp³-hybridized carbons (Fsp3) is 0.250. The van der Waals surface area contributed by atoms with Gasteiger partial charge in [0.15, 0.2) is 5.92 Å². The van der Waals surface area contributed by atoms with E-state index in [9.17, 15) is 9.59 Å². The van der Waals surface area contributed by atoms with Crippen LogP contribution in [0, 0.1) is 5.92 Å². The van der Waals surface area contributed by atoms with Crippen molar-refractivity contribution in [2.24, 2.45) is 10.9 Å². The molecule has 1 heterocycles. The maximum Gasteiger partial charge on any atom is 0.322 e. The molecule has 0 spiro atoms. The Morgan fingerprint density at radius 1 is 1.44 bits per heavy atom. The summed E-state index contributed by atoms with van der Waals surface area (Å²) in [6.07, 6.45) is 1.58. The van der Waals surface area contributed by atoms with Crippen molar-refractivity contribution >= 4 is 49.8 Å². The lowest BCUT2D eigenvalue weighted by atomic mass is 10.0. The maximum atomic E-state index is 11.8. The van der Waals surface area contributed by atoms with E-state index in [1.54, 1.807) is 19.1 Å². The van der Waals surface area contributed by atoms with Crippen molar-refractivity contribution in [1.82, 2.24) is 0 Å². The second-order valence-electron chi connectivity index (χ2n) is 3.67. The van der Waals surface area contributed by atoms with Gasteiger partial charge in [-0.15, -0.1) is 0 Å². The molecule has 1 atom stereocenters. The van der Waals surface area contributed by atoms with Crippen molar-refractivity contribution in [2.75, 3.05) is 6.61 Å². The first-order valence-electron chi connectivity index (χ1n) is 5.29. The van der Waals surface area contributed by atoms with Gasteiger partial charge in [0.2, 0.25) is 0 Å². The fourth-order valence-corrected chi connectivity index (χ4v) is 3.01. The number of carbonyl (C=O) groups excluding carboxylic acids is 2. The number of amides is 1. The zero-order chi connectivity index (χ0) is 13.3. The molecule has 0 fully saturated rings. The molecule has 1 aliphatic rings. The van der Waals surface area contributed by atoms with Gasteiger partial charge in [0.25, 0.3) is 5.91 Å². The number of ether oxygens (including phenoxy) is 1. The van der Waals surface area contributed by atoms with Gasteiger partial charge in [0.05, 0.1) is 12.0 Å². The SMILES string of the molecule is CCOC(=O)C1C=c2cc(Br)cc(Br)c2=NC1=O. The van der Waals surface area contributed by atoms with Crippen LogP contribution < -0.4 is 10.6 Å². The smallest absolute Gasteiger partial charge is 0.322 e. The number of benzene rings is 1. The van der Waals surface area contributed by atoms with Gasteiger partial charge in [0.1, 0.15) is 0 Å². The maximum absolute atomic E-state index is 11.8. The first-order valence-corrected chi connectivity index (χ1v) is 6.87. The number of carbonyl (C=O) groups is 2. The molecule has 18 heavy (non-hydrogen) atoms. The summed E-state index contributed by atoms with van der Waals surface area (Å²) in [5.74, 6) is -2.00. The van der Waals surface area contributed by atoms with Gasteiger partial charge in [-0.3, -0.25) is 9.59 Å². The van der Waals surface area contributed by atoms with Crippen molar-refractivity contribution in [3.8, 4) is 0 Å². The molecule has 0 N–H and O–H groups in total. The van der Waals surface area contributed by atoms with Crippen molar-refractivity contribution in [3.05, 3.63) is 31.7 Å². The third-order valence-electron chi connectivity index (χ3n) is 2.43. The first kappa shape index (κ1) is 13.4. The van der Waals surface area contributed by atoms with Crippen LogP contribution >= 0.6 is 31.9 Å². The van der Waals surface area contributed by atoms with E-state index < -0.39 is 17.8 Å². The van der Waals surface area contributed by atoms with Crippen molar-refractivity contribution in [2.45, 2.75) is 6.92 Å². The normalized spacial score (nSPS) is 17.5. The van der Waals surface area contributed by atoms with E-state index in [1.807, 2.05) is 6.07 Å². The number of hydrogen-bond donors (Lipinski definition) is 0. The summed E-state index contributed by atoms with van der Waals surface area (Å²) in [5, 5.41) is 1.28. The zero-order valence-electron chi connectivity index (χ0n) is 9.44. The van der Waals surface area contributed by atoms with Gasteiger partial charge in [-0.25, -0.2) is 4.99 Å². The number of rotatable bonds is 2. The highest BCUT2D eigenvalue weighted by molar-refractivity contribution is 9.11. The Labute approximate surface area is 120 Å². The average Bonchev–Trinajstić information content (AvgIpc) is 2.29. The van der Waals surface area contributed by atoms with E-state index in [0.717, 1.165) is 9.69 Å². The Morgan fingerprint density at radius 3 is 2.83 bits per heavy atom. The molecule has 1 aromatic carbocycles. The van der Waals surface area contributed by atoms with E-state index >= 15 is 0 Å². The Morgan fingerprint density at radius 2 is 2.17 bits per heavy atom. The molecule has 0 saturated carbocycles. The minimum atomic E-state index is -0.946. The highest BCUT2D eigenvalue weighted by Gasteiger charge is 2.27. The van der Waals surface area contributed by atoms with Crippen LogP contribution in [0.3, 0.4) is 0 Å². The van der Waals surface area contributed by atoms with Crippen LogP contribution in [0.25, 0.3) is 6.08 Å². The van der Waals surface area contributed by atoms with Crippen molar-refractivity contribution in [3.63, 3.8) is 0 Å². The number of hydrogen-bond acceptors (Lipinski definition) is 3. The van der Waals surface area contributed by atoms with Crippen LogP contribution in [-0.4, -0.2) is 18.5 Å². The molecule has 2 rings (SSSR count). The highest BCUT2D eigenvalue weighted by Crippen LogP contribution is 2.14. The number of halogens is 2. The zero-order valence-corrected chi connectivity index (χ0v) is 12.6. The summed E-state index contributed by atoms with van der Waals surface area (Å²) >= 11 is 6.69. The predicted molar refractivity (Wildman–Crippen MR) is 72.2 cm³/mol. The third-order valence-corrected chi connectivity index (χ3v) is 3.49. The monoisotopic (exact) mass is 373 g/mol. The van der Waals surface area contributed by atoms with E-state index in [2.05, 4.69) is 36.9 Å². The van der Waals surface area contributed by atoms with Crippen molar-refractivity contribution < 1.29 is 14.3 Å². The summed E-state index contributed by atoms with van der Waals surface area (Å²) in [6, 6.07) is 3.61. The van der Waals surface area contributed by atoms with E-state index in [4.69, 9.17) is 4.74 Å². The molecule has 0 radical (unpaired) electrons. The quantitative estimate of drug-likeness (QED) is 0.579. The second-order valence-corrected chi connectivity index (χ2v) is 5.44. The molecule has 1 amide bonds. The molecule has 0 aromatic heterocycles. The summed E-state index contributed by atoms with van der Waals surface area (Å²) in [6.45, 7) is 1.94. The molecule has 6 heteroatoms. The third kappa shape index (κ3) is 2.54. The molecule has 0 bridgehead atoms. The van der Waals surface area contributed by atoms with Crippen LogP contribution in [0.1, 0.15) is 6.92 Å². The van der Waals surface area contributed by atoms with Crippen LogP contribution in [0.2, 0.25) is 0 Å². The van der Waals surface area contributed by atoms with E-state index in [0.29, 0.717) is 9.83 Å². The molecule has 94 valence electrons. The number of esters is 1. The molecular formula is C12H9Br2NO3. The predicted octanol–water partition coefficient (Wildman–Crippen LogP) is 1.33. The van der Waals surface area contributed by atoms with Gasteiger partial charge in [-0.05, 0) is 40.2 Å². The Balaban J connectivity index is 2.56. The summed E-state index contributed by atoms with van der Waals surface area (Å²) in [4.78, 5) is 27.3. The number of nitrogens with zero attached hydrogens (tertiary/aromatic N) is 1. The lowest BCUT2D eigenvalue weighted by Crippen LogP contribution is -2.38. The fourth-order valence-electron chi connectivity index (χ4n) is 1.66. The second kappa shape index (κ2) is 5.32. The molecule has 1 aliphatic heterocycles. The minimum Gasteiger partial charge on any atom is -0.465 e. The number of fused-ring (bicyclic) bond motifs is 1. The van der Waals surface area contributed by atoms with Gasteiger partial charge in [0, 0.05) is 8.95 Å². The first-order chi connectivity index (χ1) is 8.52. The van der Waals surface area contributed by atoms with Gasteiger partial charge in [-0.1, -0.05) is 22.0 Å². The van der Waals surface area contributed by atoms with Crippen LogP contribution in [0.4, 0.5) is 0 Å². The lowest BCUT2D eigenvalue weighted by molar-refractivity contribution is -0.148. The molecular weight excluding hydrogens is 366 g/mol. The largest absolute Gasteiger partial charge is 0.465 e. The van der Waals surface area contributed by atoms with Crippen LogP contribution in [-0.2, 0) is 14.3 Å². The van der Waals surface area contributed by atoms with Gasteiger partial charge >= 0.3 is 5.97 Å². The summed E-state index contributed by atoms with van der Waals surface area (Å²) < 4.78 is 6.40. The molecule has 0 saturated heterocycles. The molecule has 4 nitrogen and oxygen atoms in total. The molecule has 1 aromatic rings. The van der Waals surface area contributed by atoms with Crippen molar-refractivity contribution in [1.29, 1.82) is 0 Å². The van der Waals surface area contributed by atoms with Crippen LogP contribution in [0.15, 0.2) is 26.1 Å². The molecule has 1 unspecified atom stereocenters. The Bertz CT molecular complexity index is 639. The lowest BCUT2D eigenvalue weighted by Gasteiger charge is -2.11. The summed E-state index contributed by atoms with van der Waals surface area (Å²) in [5.41, 5.74) is 0. The molecule has 0 aliphatic carbocycles. The standard InChI is InChI=1S/C12H9Br2NO3/c1-2-18-12(17)8-4-6-3-7(13)5-9(14)10(6)15-11(8)16/h3-5,8H,2H2,1H3. The van der Waals surface area contributed by atoms with E-state index in [-0.39, 0.29) is 6.61 Å². The van der Waals surface area contributed by atoms with Gasteiger partial charge in [-0.2, -0.15) is 0 Å². The highest BCUT2D eigenvalue weighted by atomic mass is 79.9. The van der Waals surface area contributed by atoms with Gasteiger partial charge < -0.3 is 4.74 Å². The van der Waals surface area contributed by atoms with Crippen LogP contribution in [0.5, 0.6) is 0 Å².